The van der Waals surface area contributed by atoms with Crippen LogP contribution in [0.2, 0.25) is 0 Å². The van der Waals surface area contributed by atoms with E-state index < -0.39 is 0 Å². The molecule has 5 nitrogen and oxygen atoms in total. The van der Waals surface area contributed by atoms with Crippen molar-refractivity contribution >= 4 is 22.9 Å². The smallest absolute Gasteiger partial charge is 0.161 e. The highest BCUT2D eigenvalue weighted by atomic mass is 32.1. The first-order valence-electron chi connectivity index (χ1n) is 5.58. The number of hydrogen-bond acceptors (Lipinski definition) is 7. The molecule has 0 aromatic carbocycles. The lowest BCUT2D eigenvalue weighted by atomic mass is 10.3. The molecule has 0 fully saturated rings. The van der Waals surface area contributed by atoms with Crippen LogP contribution in [0.15, 0.2) is 0 Å². The molecule has 0 saturated carbocycles. The van der Waals surface area contributed by atoms with Gasteiger partial charge in [0, 0.05) is 12.6 Å². The number of hydrogen-bond donors (Lipinski definition) is 1. The van der Waals surface area contributed by atoms with Crippen LogP contribution < -0.4 is 5.32 Å². The van der Waals surface area contributed by atoms with Crippen molar-refractivity contribution in [3.63, 3.8) is 0 Å². The zero-order valence-corrected chi connectivity index (χ0v) is 11.7. The molecule has 17 heavy (non-hydrogen) atoms. The standard InChI is InChI=1S/C10H15N5S2/c1-4-7-9(17-15-12-7)10-14-13-8(16-10)5-11-6(2)3/h6,11H,4-5H2,1-3H3. The average molecular weight is 269 g/mol. The van der Waals surface area contributed by atoms with Gasteiger partial charge in [-0.05, 0) is 18.0 Å². The van der Waals surface area contributed by atoms with E-state index in [1.807, 2.05) is 0 Å². The number of nitrogens with zero attached hydrogens (tertiary/aromatic N) is 4. The Morgan fingerprint density at radius 1 is 1.24 bits per heavy atom. The van der Waals surface area contributed by atoms with Gasteiger partial charge >= 0.3 is 0 Å². The van der Waals surface area contributed by atoms with Crippen molar-refractivity contribution in [2.45, 2.75) is 39.8 Å². The SMILES string of the molecule is CCc1nnsc1-c1nnc(CNC(C)C)s1. The van der Waals surface area contributed by atoms with Crippen LogP contribution >= 0.6 is 22.9 Å². The highest BCUT2D eigenvalue weighted by Crippen LogP contribution is 2.29. The molecule has 0 aliphatic carbocycles. The lowest BCUT2D eigenvalue weighted by molar-refractivity contribution is 0.585. The summed E-state index contributed by atoms with van der Waals surface area (Å²) in [6.45, 7) is 7.07. The molecule has 0 spiro atoms. The third-order valence-electron chi connectivity index (χ3n) is 2.21. The molecule has 0 atom stereocenters. The minimum Gasteiger partial charge on any atom is -0.308 e. The van der Waals surface area contributed by atoms with Gasteiger partial charge in [-0.2, -0.15) is 0 Å². The Hall–Kier alpha value is -0.920. The maximum Gasteiger partial charge on any atom is 0.161 e. The molecule has 0 saturated heterocycles. The minimum absolute atomic E-state index is 0.457. The second-order valence-corrected chi connectivity index (χ2v) is 5.76. The molecule has 2 aromatic heterocycles. The lowest BCUT2D eigenvalue weighted by Gasteiger charge is -2.03. The highest BCUT2D eigenvalue weighted by molar-refractivity contribution is 7.19. The molecular formula is C10H15N5S2. The molecule has 2 rings (SSSR count). The van der Waals surface area contributed by atoms with E-state index in [9.17, 15) is 0 Å². The first kappa shape index (κ1) is 12.5. The van der Waals surface area contributed by atoms with E-state index in [0.29, 0.717) is 6.04 Å². The van der Waals surface area contributed by atoms with Crippen LogP contribution in [0.25, 0.3) is 9.88 Å². The molecule has 0 radical (unpaired) electrons. The third-order valence-corrected chi connectivity index (χ3v) is 4.06. The summed E-state index contributed by atoms with van der Waals surface area (Å²) in [5.74, 6) is 0. The second kappa shape index (κ2) is 5.61. The van der Waals surface area contributed by atoms with Crippen LogP contribution in [-0.4, -0.2) is 25.8 Å². The molecule has 0 unspecified atom stereocenters. The lowest BCUT2D eigenvalue weighted by Crippen LogP contribution is -2.21. The van der Waals surface area contributed by atoms with Gasteiger partial charge in [0.15, 0.2) is 5.01 Å². The fourth-order valence-electron chi connectivity index (χ4n) is 1.31. The molecule has 2 heterocycles. The second-order valence-electron chi connectivity index (χ2n) is 3.94. The number of rotatable bonds is 5. The van der Waals surface area contributed by atoms with Crippen LogP contribution in [0.3, 0.4) is 0 Å². The van der Waals surface area contributed by atoms with Crippen molar-refractivity contribution in [3.05, 3.63) is 10.7 Å². The average Bonchev–Trinajstić information content (AvgIpc) is 2.94. The highest BCUT2D eigenvalue weighted by Gasteiger charge is 2.13. The number of nitrogens with one attached hydrogen (secondary N) is 1. The van der Waals surface area contributed by atoms with Crippen molar-refractivity contribution in [2.75, 3.05) is 0 Å². The maximum absolute atomic E-state index is 4.20. The predicted molar refractivity (Wildman–Crippen MR) is 70.2 cm³/mol. The summed E-state index contributed by atoms with van der Waals surface area (Å²) >= 11 is 3.00. The molecule has 0 aliphatic rings. The number of aryl methyl sites for hydroxylation is 1. The van der Waals surface area contributed by atoms with E-state index in [1.54, 1.807) is 11.3 Å². The van der Waals surface area contributed by atoms with Gasteiger partial charge in [-0.25, -0.2) is 0 Å². The van der Waals surface area contributed by atoms with Gasteiger partial charge in [-0.15, -0.1) is 15.3 Å². The summed E-state index contributed by atoms with van der Waals surface area (Å²) in [5.41, 5.74) is 1.01. The summed E-state index contributed by atoms with van der Waals surface area (Å²) in [5, 5.41) is 17.7. The van der Waals surface area contributed by atoms with Gasteiger partial charge in [-0.1, -0.05) is 36.6 Å². The Labute approximate surface area is 108 Å². The fraction of sp³-hybridized carbons (Fsp3) is 0.600. The first-order chi connectivity index (χ1) is 8.20. The van der Waals surface area contributed by atoms with Gasteiger partial charge in [0.1, 0.15) is 9.88 Å². The van der Waals surface area contributed by atoms with Gasteiger partial charge in [0.2, 0.25) is 0 Å². The molecule has 92 valence electrons. The molecule has 1 N–H and O–H groups in total. The summed E-state index contributed by atoms with van der Waals surface area (Å²) in [6.07, 6.45) is 0.880. The Bertz CT molecular complexity index is 477. The van der Waals surface area contributed by atoms with E-state index in [-0.39, 0.29) is 0 Å². The van der Waals surface area contributed by atoms with Gasteiger partial charge < -0.3 is 5.32 Å². The van der Waals surface area contributed by atoms with E-state index in [0.717, 1.165) is 33.6 Å². The van der Waals surface area contributed by atoms with Crippen molar-refractivity contribution in [2.24, 2.45) is 0 Å². The molecular weight excluding hydrogens is 254 g/mol. The molecule has 0 bridgehead atoms. The van der Waals surface area contributed by atoms with Crippen molar-refractivity contribution in [1.82, 2.24) is 25.1 Å². The topological polar surface area (TPSA) is 63.6 Å². The molecule has 2 aromatic rings. The van der Waals surface area contributed by atoms with Crippen molar-refractivity contribution in [3.8, 4) is 9.88 Å². The van der Waals surface area contributed by atoms with Crippen LogP contribution in [0, 0.1) is 0 Å². The van der Waals surface area contributed by atoms with E-state index in [2.05, 4.69) is 45.9 Å². The predicted octanol–water partition coefficient (Wildman–Crippen LogP) is 2.12. The van der Waals surface area contributed by atoms with Crippen molar-refractivity contribution in [1.29, 1.82) is 0 Å². The van der Waals surface area contributed by atoms with Gasteiger partial charge in [-0.3, -0.25) is 0 Å². The van der Waals surface area contributed by atoms with Crippen LogP contribution in [0.4, 0.5) is 0 Å². The Kier molecular flexibility index (Phi) is 4.14. The van der Waals surface area contributed by atoms with Gasteiger partial charge in [0.05, 0.1) is 5.69 Å². The van der Waals surface area contributed by atoms with E-state index in [4.69, 9.17) is 0 Å². The molecule has 0 amide bonds. The Morgan fingerprint density at radius 2 is 2.06 bits per heavy atom. The Morgan fingerprint density at radius 3 is 2.76 bits per heavy atom. The van der Waals surface area contributed by atoms with E-state index in [1.165, 1.54) is 11.5 Å². The summed E-state index contributed by atoms with van der Waals surface area (Å²) in [6, 6.07) is 0.457. The molecule has 0 aliphatic heterocycles. The van der Waals surface area contributed by atoms with Crippen molar-refractivity contribution < 1.29 is 0 Å². The largest absolute Gasteiger partial charge is 0.308 e. The van der Waals surface area contributed by atoms with E-state index >= 15 is 0 Å². The third kappa shape index (κ3) is 3.05. The zero-order chi connectivity index (χ0) is 12.3. The quantitative estimate of drug-likeness (QED) is 0.900. The fourth-order valence-corrected chi connectivity index (χ4v) is 2.93. The summed E-state index contributed by atoms with van der Waals surface area (Å²) < 4.78 is 3.97. The zero-order valence-electron chi connectivity index (χ0n) is 10.1. The maximum atomic E-state index is 4.20. The normalized spacial score (nSPS) is 11.3. The summed E-state index contributed by atoms with van der Waals surface area (Å²) in [7, 11) is 0. The monoisotopic (exact) mass is 269 g/mol. The van der Waals surface area contributed by atoms with Gasteiger partial charge in [0.25, 0.3) is 0 Å². The minimum atomic E-state index is 0.457. The molecule has 7 heteroatoms. The Balaban J connectivity index is 2.12. The van der Waals surface area contributed by atoms with Crippen LogP contribution in [-0.2, 0) is 13.0 Å². The summed E-state index contributed by atoms with van der Waals surface area (Å²) in [4.78, 5) is 1.06. The van der Waals surface area contributed by atoms with Crippen LogP contribution in [0.5, 0.6) is 0 Å². The number of aromatic nitrogens is 4. The van der Waals surface area contributed by atoms with Crippen LogP contribution in [0.1, 0.15) is 31.5 Å². The first-order valence-corrected chi connectivity index (χ1v) is 7.17.